The first-order valence-corrected chi connectivity index (χ1v) is 5.46. The number of ether oxygens (including phenoxy) is 1. The Hall–Kier alpha value is -1.02. The summed E-state index contributed by atoms with van der Waals surface area (Å²) in [6, 6.07) is 5.50. The molecule has 2 rings (SSSR count). The first kappa shape index (κ1) is 10.5. The summed E-state index contributed by atoms with van der Waals surface area (Å²) < 4.78 is 5.72. The summed E-state index contributed by atoms with van der Waals surface area (Å²) in [6.45, 7) is 4.08. The van der Waals surface area contributed by atoms with Crippen molar-refractivity contribution in [2.45, 2.75) is 25.9 Å². The van der Waals surface area contributed by atoms with Gasteiger partial charge >= 0.3 is 0 Å². The highest BCUT2D eigenvalue weighted by Crippen LogP contribution is 2.35. The average molecular weight is 225 g/mol. The van der Waals surface area contributed by atoms with Gasteiger partial charge in [0.25, 0.3) is 0 Å². The average Bonchev–Trinajstić information content (AvgIpc) is 2.49. The normalized spacial score (nSPS) is 17.0. The fourth-order valence-corrected chi connectivity index (χ4v) is 2.01. The first-order valence-electron chi connectivity index (χ1n) is 4.93. The van der Waals surface area contributed by atoms with Gasteiger partial charge in [0.15, 0.2) is 5.78 Å². The molecule has 0 amide bonds. The molecule has 1 heterocycles. The van der Waals surface area contributed by atoms with Crippen molar-refractivity contribution in [2.24, 2.45) is 0 Å². The summed E-state index contributed by atoms with van der Waals surface area (Å²) in [5.41, 5.74) is 1.60. The molecule has 0 aromatic heterocycles. The number of benzene rings is 1. The number of fused-ring (bicyclic) bond motifs is 1. The molecule has 15 heavy (non-hydrogen) atoms. The van der Waals surface area contributed by atoms with Gasteiger partial charge in [0.2, 0.25) is 0 Å². The molecule has 3 heteroatoms. The van der Waals surface area contributed by atoms with E-state index in [1.165, 1.54) is 0 Å². The lowest BCUT2D eigenvalue weighted by atomic mass is 9.99. The third-order valence-corrected chi connectivity index (χ3v) is 2.75. The van der Waals surface area contributed by atoms with Crippen molar-refractivity contribution in [3.8, 4) is 5.75 Å². The molecule has 0 atom stereocenters. The van der Waals surface area contributed by atoms with E-state index in [-0.39, 0.29) is 17.3 Å². The van der Waals surface area contributed by atoms with Gasteiger partial charge in [-0.2, -0.15) is 0 Å². The largest absolute Gasteiger partial charge is 0.487 e. The zero-order valence-corrected chi connectivity index (χ0v) is 9.60. The minimum absolute atomic E-state index is 0.0308. The molecule has 1 aromatic rings. The number of ketones is 1. The lowest BCUT2D eigenvalue weighted by Crippen LogP contribution is -2.24. The van der Waals surface area contributed by atoms with E-state index in [1.807, 2.05) is 26.0 Å². The van der Waals surface area contributed by atoms with E-state index < -0.39 is 0 Å². The lowest BCUT2D eigenvalue weighted by Gasteiger charge is -2.16. The maximum Gasteiger partial charge on any atom is 0.177 e. The van der Waals surface area contributed by atoms with Crippen LogP contribution in [-0.4, -0.2) is 17.3 Å². The Labute approximate surface area is 94.2 Å². The highest BCUT2D eigenvalue weighted by Gasteiger charge is 2.30. The summed E-state index contributed by atoms with van der Waals surface area (Å²) in [5.74, 6) is 0.874. The van der Waals surface area contributed by atoms with Crippen molar-refractivity contribution in [3.63, 3.8) is 0 Å². The van der Waals surface area contributed by atoms with Gasteiger partial charge in [-0.25, -0.2) is 0 Å². The van der Waals surface area contributed by atoms with Crippen molar-refractivity contribution < 1.29 is 9.53 Å². The van der Waals surface area contributed by atoms with Crippen LogP contribution < -0.4 is 4.74 Å². The van der Waals surface area contributed by atoms with Crippen LogP contribution in [0.15, 0.2) is 18.2 Å². The molecular weight excluding hydrogens is 212 g/mol. The molecule has 0 spiro atoms. The molecule has 0 bridgehead atoms. The number of halogens is 1. The van der Waals surface area contributed by atoms with Crippen LogP contribution in [0.3, 0.4) is 0 Å². The van der Waals surface area contributed by atoms with E-state index in [2.05, 4.69) is 0 Å². The van der Waals surface area contributed by atoms with E-state index >= 15 is 0 Å². The van der Waals surface area contributed by atoms with Gasteiger partial charge < -0.3 is 4.74 Å². The fraction of sp³-hybridized carbons (Fsp3) is 0.417. The third kappa shape index (κ3) is 2.00. The molecule has 0 radical (unpaired) electrons. The van der Waals surface area contributed by atoms with Crippen molar-refractivity contribution in [1.29, 1.82) is 0 Å². The second kappa shape index (κ2) is 3.53. The van der Waals surface area contributed by atoms with Crippen LogP contribution in [0.1, 0.15) is 29.8 Å². The van der Waals surface area contributed by atoms with Crippen LogP contribution in [0.5, 0.6) is 5.75 Å². The van der Waals surface area contributed by atoms with Crippen LogP contribution in [0, 0.1) is 0 Å². The molecule has 0 fully saturated rings. The quantitative estimate of drug-likeness (QED) is 0.571. The number of hydrogen-bond donors (Lipinski definition) is 0. The van der Waals surface area contributed by atoms with E-state index in [4.69, 9.17) is 16.3 Å². The van der Waals surface area contributed by atoms with E-state index in [0.29, 0.717) is 5.56 Å². The van der Waals surface area contributed by atoms with Gasteiger partial charge in [-0.05, 0) is 37.6 Å². The number of alkyl halides is 1. The predicted molar refractivity (Wildman–Crippen MR) is 59.9 cm³/mol. The van der Waals surface area contributed by atoms with Crippen LogP contribution >= 0.6 is 11.6 Å². The zero-order chi connectivity index (χ0) is 11.1. The SMILES string of the molecule is CC1(C)Cc2cc(C(=O)CCl)ccc2O1. The van der Waals surface area contributed by atoms with Crippen LogP contribution in [0.4, 0.5) is 0 Å². The Bertz CT molecular complexity index is 410. The second-order valence-corrected chi connectivity index (χ2v) is 4.69. The topological polar surface area (TPSA) is 26.3 Å². The van der Waals surface area contributed by atoms with Crippen molar-refractivity contribution in [3.05, 3.63) is 29.3 Å². The highest BCUT2D eigenvalue weighted by atomic mass is 35.5. The molecule has 0 saturated heterocycles. The predicted octanol–water partition coefficient (Wildman–Crippen LogP) is 2.82. The molecular formula is C12H13ClO2. The maximum absolute atomic E-state index is 11.4. The molecule has 0 aliphatic carbocycles. The molecule has 0 unspecified atom stereocenters. The molecule has 1 aliphatic heterocycles. The minimum Gasteiger partial charge on any atom is -0.487 e. The Morgan fingerprint density at radius 2 is 2.27 bits per heavy atom. The fourth-order valence-electron chi connectivity index (χ4n) is 1.86. The van der Waals surface area contributed by atoms with E-state index in [0.717, 1.165) is 17.7 Å². The highest BCUT2D eigenvalue weighted by molar-refractivity contribution is 6.30. The van der Waals surface area contributed by atoms with Crippen LogP contribution in [0.2, 0.25) is 0 Å². The number of Topliss-reactive ketones (excluding diaryl/α,β-unsaturated/α-hetero) is 1. The van der Waals surface area contributed by atoms with Gasteiger partial charge in [-0.3, -0.25) is 4.79 Å². The third-order valence-electron chi connectivity index (χ3n) is 2.51. The number of carbonyl (C=O) groups excluding carboxylic acids is 1. The smallest absolute Gasteiger partial charge is 0.177 e. The van der Waals surface area contributed by atoms with Gasteiger partial charge in [0, 0.05) is 12.0 Å². The number of carbonyl (C=O) groups is 1. The minimum atomic E-state index is -0.162. The van der Waals surface area contributed by atoms with Crippen molar-refractivity contribution >= 4 is 17.4 Å². The summed E-state index contributed by atoms with van der Waals surface area (Å²) >= 11 is 5.51. The summed E-state index contributed by atoms with van der Waals surface area (Å²) in [5, 5.41) is 0. The monoisotopic (exact) mass is 224 g/mol. The second-order valence-electron chi connectivity index (χ2n) is 4.42. The Morgan fingerprint density at radius 3 is 2.93 bits per heavy atom. The Kier molecular flexibility index (Phi) is 2.47. The molecule has 0 N–H and O–H groups in total. The van der Waals surface area contributed by atoms with E-state index in [9.17, 15) is 4.79 Å². The van der Waals surface area contributed by atoms with Crippen molar-refractivity contribution in [1.82, 2.24) is 0 Å². The Balaban J connectivity index is 2.34. The van der Waals surface area contributed by atoms with Crippen molar-refractivity contribution in [2.75, 3.05) is 5.88 Å². The van der Waals surface area contributed by atoms with Gasteiger partial charge in [0.1, 0.15) is 11.4 Å². The molecule has 1 aromatic carbocycles. The summed E-state index contributed by atoms with van der Waals surface area (Å²) in [6.07, 6.45) is 0.839. The first-order chi connectivity index (χ1) is 7.02. The van der Waals surface area contributed by atoms with Crippen LogP contribution in [0.25, 0.3) is 0 Å². The zero-order valence-electron chi connectivity index (χ0n) is 8.84. The van der Waals surface area contributed by atoms with Gasteiger partial charge in [-0.15, -0.1) is 11.6 Å². The lowest BCUT2D eigenvalue weighted by molar-refractivity contribution is 0.102. The molecule has 2 nitrogen and oxygen atoms in total. The van der Waals surface area contributed by atoms with Crippen LogP contribution in [-0.2, 0) is 6.42 Å². The molecule has 80 valence electrons. The number of hydrogen-bond acceptors (Lipinski definition) is 2. The summed E-state index contributed by atoms with van der Waals surface area (Å²) in [7, 11) is 0. The summed E-state index contributed by atoms with van der Waals surface area (Å²) in [4.78, 5) is 11.4. The Morgan fingerprint density at radius 1 is 1.53 bits per heavy atom. The maximum atomic E-state index is 11.4. The molecule has 1 aliphatic rings. The van der Waals surface area contributed by atoms with E-state index in [1.54, 1.807) is 6.07 Å². The van der Waals surface area contributed by atoms with Gasteiger partial charge in [0.05, 0.1) is 5.88 Å². The van der Waals surface area contributed by atoms with Gasteiger partial charge in [-0.1, -0.05) is 0 Å². The number of rotatable bonds is 2. The standard InChI is InChI=1S/C12H13ClO2/c1-12(2)6-9-5-8(10(14)7-13)3-4-11(9)15-12/h3-5H,6-7H2,1-2H3. The molecule has 0 saturated carbocycles.